The van der Waals surface area contributed by atoms with Crippen molar-refractivity contribution in [3.8, 4) is 29.0 Å². The number of nitriles is 1. The highest BCUT2D eigenvalue weighted by Gasteiger charge is 2.50. The van der Waals surface area contributed by atoms with Crippen LogP contribution >= 0.6 is 22.9 Å². The lowest BCUT2D eigenvalue weighted by molar-refractivity contribution is -0.0215. The van der Waals surface area contributed by atoms with Gasteiger partial charge in [-0.2, -0.15) is 15.2 Å². The molecule has 240 valence electrons. The quantitative estimate of drug-likeness (QED) is 0.235. The molecule has 4 aliphatic rings. The van der Waals surface area contributed by atoms with E-state index in [2.05, 4.69) is 9.97 Å². The number of hydrogen-bond acceptors (Lipinski definition) is 9. The largest absolute Gasteiger partial charge is 0.489 e. The van der Waals surface area contributed by atoms with E-state index < -0.39 is 41.9 Å². The minimum atomic E-state index is -3.04. The van der Waals surface area contributed by atoms with Gasteiger partial charge in [0.2, 0.25) is 0 Å². The van der Waals surface area contributed by atoms with E-state index in [1.807, 2.05) is 11.0 Å². The van der Waals surface area contributed by atoms with E-state index in [1.54, 1.807) is 0 Å². The maximum absolute atomic E-state index is 17.0. The van der Waals surface area contributed by atoms with Crippen LogP contribution in [0.1, 0.15) is 37.7 Å². The number of anilines is 2. The summed E-state index contributed by atoms with van der Waals surface area (Å²) in [5, 5.41) is 9.77. The standard InChI is InChI=1S/C31H26ClF5N6O2S/c32-22-20(16-2-3-18(34)26-19(16)17(9-38)27(39)46-26)23(35)24-21-25(22)44-11-15-4-6-31(36,37)12-43(15)28(21)41-29(40-24)45-13-30-5-1-7-42(30)10-14(33)8-30/h2-3,14-15H,1,4-8,10-13,39H2/t14-,15?,30?/m1/s1. The second-order valence-corrected chi connectivity index (χ2v) is 13.9. The first-order valence-corrected chi connectivity index (χ1v) is 16.1. The van der Waals surface area contributed by atoms with Gasteiger partial charge in [0.1, 0.15) is 47.6 Å². The molecular weight excluding hydrogens is 651 g/mol. The highest BCUT2D eigenvalue weighted by Crippen LogP contribution is 2.52. The Morgan fingerprint density at radius 1 is 1.22 bits per heavy atom. The van der Waals surface area contributed by atoms with E-state index in [9.17, 15) is 22.8 Å². The maximum Gasteiger partial charge on any atom is 0.319 e. The molecule has 2 aromatic heterocycles. The second kappa shape index (κ2) is 10.4. The molecule has 0 bridgehead atoms. The predicted molar refractivity (Wildman–Crippen MR) is 164 cm³/mol. The Bertz CT molecular complexity index is 1990. The smallest absolute Gasteiger partial charge is 0.319 e. The fraction of sp³-hybridized carbons (Fsp3) is 0.452. The molecule has 8 rings (SSSR count). The molecule has 0 aliphatic carbocycles. The van der Waals surface area contributed by atoms with Crippen molar-refractivity contribution < 1.29 is 31.4 Å². The number of hydrogen-bond donors (Lipinski definition) is 1. The number of ether oxygens (including phenoxy) is 2. The van der Waals surface area contributed by atoms with E-state index in [0.29, 0.717) is 13.0 Å². The second-order valence-electron chi connectivity index (χ2n) is 12.5. The monoisotopic (exact) mass is 676 g/mol. The molecule has 3 fully saturated rings. The van der Waals surface area contributed by atoms with Gasteiger partial charge in [-0.3, -0.25) is 4.90 Å². The van der Waals surface area contributed by atoms with Crippen molar-refractivity contribution >= 4 is 54.7 Å². The van der Waals surface area contributed by atoms with Crippen LogP contribution in [0, 0.1) is 23.0 Å². The molecule has 2 aromatic carbocycles. The Balaban J connectivity index is 1.35. The van der Waals surface area contributed by atoms with Crippen LogP contribution < -0.4 is 20.1 Å². The third-order valence-electron chi connectivity index (χ3n) is 9.75. The van der Waals surface area contributed by atoms with E-state index in [0.717, 1.165) is 30.4 Å². The average molecular weight is 677 g/mol. The molecule has 0 saturated carbocycles. The number of nitrogens with two attached hydrogens (primary N) is 1. The number of halogens is 6. The molecule has 2 unspecified atom stereocenters. The third-order valence-corrected chi connectivity index (χ3v) is 11.1. The van der Waals surface area contributed by atoms with Gasteiger partial charge in [0.05, 0.1) is 38.8 Å². The number of rotatable bonds is 4. The zero-order valence-corrected chi connectivity index (χ0v) is 25.8. The molecule has 3 atom stereocenters. The van der Waals surface area contributed by atoms with Crippen LogP contribution in [0.3, 0.4) is 0 Å². The van der Waals surface area contributed by atoms with Crippen molar-refractivity contribution in [1.29, 1.82) is 5.26 Å². The average Bonchev–Trinajstić information content (AvgIpc) is 3.62. The Hall–Kier alpha value is -3.67. The van der Waals surface area contributed by atoms with Crippen LogP contribution in [0.4, 0.5) is 32.8 Å². The molecule has 4 aliphatic heterocycles. The molecule has 0 amide bonds. The lowest BCUT2D eigenvalue weighted by Crippen LogP contribution is -2.51. The van der Waals surface area contributed by atoms with Gasteiger partial charge in [-0.05, 0) is 37.4 Å². The molecule has 46 heavy (non-hydrogen) atoms. The van der Waals surface area contributed by atoms with Crippen LogP contribution in [0.2, 0.25) is 5.02 Å². The van der Waals surface area contributed by atoms with Gasteiger partial charge in [-0.1, -0.05) is 17.7 Å². The third kappa shape index (κ3) is 4.38. The number of alkyl halides is 3. The Morgan fingerprint density at radius 3 is 2.85 bits per heavy atom. The summed E-state index contributed by atoms with van der Waals surface area (Å²) < 4.78 is 88.3. The lowest BCUT2D eigenvalue weighted by atomic mass is 9.95. The molecule has 4 aromatic rings. The molecule has 0 radical (unpaired) electrons. The van der Waals surface area contributed by atoms with Crippen molar-refractivity contribution in [2.75, 3.05) is 43.5 Å². The summed E-state index contributed by atoms with van der Waals surface area (Å²) in [5.74, 6) is -4.69. The van der Waals surface area contributed by atoms with Gasteiger partial charge in [-0.25, -0.2) is 22.0 Å². The minimum absolute atomic E-state index is 0.00663. The highest BCUT2D eigenvalue weighted by atomic mass is 35.5. The van der Waals surface area contributed by atoms with Gasteiger partial charge in [0.15, 0.2) is 11.6 Å². The fourth-order valence-corrected chi connectivity index (χ4v) is 8.91. The van der Waals surface area contributed by atoms with Gasteiger partial charge in [0.25, 0.3) is 5.92 Å². The van der Waals surface area contributed by atoms with Crippen molar-refractivity contribution in [3.05, 3.63) is 34.4 Å². The van der Waals surface area contributed by atoms with Crippen molar-refractivity contribution in [2.24, 2.45) is 0 Å². The van der Waals surface area contributed by atoms with E-state index >= 15 is 4.39 Å². The summed E-state index contributed by atoms with van der Waals surface area (Å²) in [7, 11) is 0. The normalized spacial score (nSPS) is 25.3. The Labute approximate surface area is 268 Å². The molecule has 2 N–H and O–H groups in total. The topological polar surface area (TPSA) is 101 Å². The van der Waals surface area contributed by atoms with Crippen LogP contribution in [0.25, 0.3) is 32.1 Å². The predicted octanol–water partition coefficient (Wildman–Crippen LogP) is 6.85. The molecule has 3 saturated heterocycles. The first-order valence-electron chi connectivity index (χ1n) is 14.9. The van der Waals surface area contributed by atoms with E-state index in [4.69, 9.17) is 26.8 Å². The van der Waals surface area contributed by atoms with E-state index in [1.165, 1.54) is 11.0 Å². The highest BCUT2D eigenvalue weighted by molar-refractivity contribution is 7.23. The Kier molecular flexibility index (Phi) is 6.73. The molecule has 0 spiro atoms. The molecule has 6 heterocycles. The van der Waals surface area contributed by atoms with Gasteiger partial charge >= 0.3 is 6.01 Å². The zero-order chi connectivity index (χ0) is 32.1. The fourth-order valence-electron chi connectivity index (χ4n) is 7.63. The molecular formula is C31H26ClF5N6O2S. The van der Waals surface area contributed by atoms with Crippen molar-refractivity contribution in [1.82, 2.24) is 14.9 Å². The number of nitrogen functional groups attached to an aromatic ring is 1. The molecule has 8 nitrogen and oxygen atoms in total. The Morgan fingerprint density at radius 2 is 2.04 bits per heavy atom. The van der Waals surface area contributed by atoms with Crippen molar-refractivity contribution in [2.45, 2.75) is 55.8 Å². The number of nitrogens with zero attached hydrogens (tertiary/aromatic N) is 5. The molecule has 15 heteroatoms. The number of aromatic nitrogens is 2. The van der Waals surface area contributed by atoms with Crippen LogP contribution in [0.15, 0.2) is 12.1 Å². The number of benzene rings is 2. The summed E-state index contributed by atoms with van der Waals surface area (Å²) in [6.45, 7) is 0.304. The van der Waals surface area contributed by atoms with Gasteiger partial charge in [0, 0.05) is 30.3 Å². The van der Waals surface area contributed by atoms with Crippen LogP contribution in [-0.4, -0.2) is 71.4 Å². The first kappa shape index (κ1) is 29.7. The number of piperidine rings is 1. The summed E-state index contributed by atoms with van der Waals surface area (Å²) in [6, 6.07) is 3.60. The number of thiophene rings is 1. The van der Waals surface area contributed by atoms with Gasteiger partial charge < -0.3 is 20.1 Å². The number of fused-ring (bicyclic) bond motifs is 4. The minimum Gasteiger partial charge on any atom is -0.489 e. The summed E-state index contributed by atoms with van der Waals surface area (Å²) in [4.78, 5) is 12.4. The summed E-state index contributed by atoms with van der Waals surface area (Å²) in [6.07, 6.45) is 0.528. The summed E-state index contributed by atoms with van der Waals surface area (Å²) in [5.41, 5.74) is 4.99. The van der Waals surface area contributed by atoms with Crippen molar-refractivity contribution in [3.63, 3.8) is 0 Å². The maximum atomic E-state index is 17.0. The zero-order valence-electron chi connectivity index (χ0n) is 24.2. The van der Waals surface area contributed by atoms with Crippen LogP contribution in [0.5, 0.6) is 11.8 Å². The first-order chi connectivity index (χ1) is 22.0. The van der Waals surface area contributed by atoms with Crippen LogP contribution in [-0.2, 0) is 0 Å². The van der Waals surface area contributed by atoms with E-state index in [-0.39, 0.29) is 97.8 Å². The SMILES string of the molecule is N#Cc1c(N)sc2c(F)ccc(-c3c(Cl)c4c5c(nc(OCC67CCCN6C[C@H](F)C7)nc5c3F)N3CC(F)(F)CCC3CO4)c12. The lowest BCUT2D eigenvalue weighted by Gasteiger charge is -2.39. The summed E-state index contributed by atoms with van der Waals surface area (Å²) >= 11 is 7.75. The van der Waals surface area contributed by atoms with Gasteiger partial charge in [-0.15, -0.1) is 11.3 Å².